The van der Waals surface area contributed by atoms with Crippen molar-refractivity contribution in [2.75, 3.05) is 5.32 Å². The lowest BCUT2D eigenvalue weighted by Crippen LogP contribution is -2.07. The number of phenols is 1. The molecule has 0 aliphatic rings. The number of anilines is 1. The Hall–Kier alpha value is -3.06. The van der Waals surface area contributed by atoms with E-state index in [1.54, 1.807) is 54.6 Å². The molecule has 0 unspecified atom stereocenters. The molecule has 0 heterocycles. The summed E-state index contributed by atoms with van der Waals surface area (Å²) in [6, 6.07) is 15.2. The molecule has 0 aromatic heterocycles. The van der Waals surface area contributed by atoms with Crippen LogP contribution in [0.3, 0.4) is 0 Å². The van der Waals surface area contributed by atoms with E-state index in [9.17, 15) is 4.79 Å². The van der Waals surface area contributed by atoms with Crippen LogP contribution in [0.5, 0.6) is 5.75 Å². The quantitative estimate of drug-likeness (QED) is 0.837. The third-order valence-corrected chi connectivity index (χ3v) is 2.58. The van der Waals surface area contributed by atoms with Crippen molar-refractivity contribution in [1.82, 2.24) is 0 Å². The highest BCUT2D eigenvalue weighted by molar-refractivity contribution is 6.02. The van der Waals surface area contributed by atoms with Gasteiger partial charge in [-0.1, -0.05) is 18.2 Å². The number of hydrogen-bond donors (Lipinski definition) is 2. The lowest BCUT2D eigenvalue weighted by molar-refractivity contribution is -0.111. The molecule has 2 N–H and O–H groups in total. The molecule has 0 fully saturated rings. The van der Waals surface area contributed by atoms with Gasteiger partial charge in [-0.3, -0.25) is 4.79 Å². The number of carbonyl (C=O) groups is 1. The highest BCUT2D eigenvalue weighted by Gasteiger charge is 1.99. The molecule has 2 rings (SSSR count). The molecule has 0 saturated heterocycles. The highest BCUT2D eigenvalue weighted by atomic mass is 16.3. The number of aromatic hydroxyl groups is 1. The fourth-order valence-corrected chi connectivity index (χ4v) is 1.61. The van der Waals surface area contributed by atoms with Gasteiger partial charge in [-0.05, 0) is 42.0 Å². The first-order valence-electron chi connectivity index (χ1n) is 5.95. The lowest BCUT2D eigenvalue weighted by Gasteiger charge is -2.01. The van der Waals surface area contributed by atoms with Crippen molar-refractivity contribution in [3.8, 4) is 11.8 Å². The van der Waals surface area contributed by atoms with Crippen molar-refractivity contribution in [2.45, 2.75) is 0 Å². The number of nitrogens with zero attached hydrogens (tertiary/aromatic N) is 1. The largest absolute Gasteiger partial charge is 0.508 e. The number of carbonyl (C=O) groups excluding carboxylic acids is 1. The Morgan fingerprint density at radius 1 is 1.20 bits per heavy atom. The molecule has 0 atom stereocenters. The number of nitriles is 1. The van der Waals surface area contributed by atoms with E-state index >= 15 is 0 Å². The maximum absolute atomic E-state index is 11.7. The third-order valence-electron chi connectivity index (χ3n) is 2.58. The fraction of sp³-hybridized carbons (Fsp3) is 0. The third kappa shape index (κ3) is 3.72. The lowest BCUT2D eigenvalue weighted by atomic mass is 10.2. The zero-order chi connectivity index (χ0) is 14.4. The molecule has 1 amide bonds. The molecule has 98 valence electrons. The Kier molecular flexibility index (Phi) is 4.15. The average Bonchev–Trinajstić information content (AvgIpc) is 2.47. The van der Waals surface area contributed by atoms with Crippen molar-refractivity contribution in [1.29, 1.82) is 5.26 Å². The summed E-state index contributed by atoms with van der Waals surface area (Å²) in [5.74, 6) is -0.104. The second kappa shape index (κ2) is 6.21. The van der Waals surface area contributed by atoms with Crippen LogP contribution in [-0.4, -0.2) is 11.0 Å². The van der Waals surface area contributed by atoms with Gasteiger partial charge in [0.1, 0.15) is 5.75 Å². The van der Waals surface area contributed by atoms with E-state index in [1.165, 1.54) is 6.08 Å². The summed E-state index contributed by atoms with van der Waals surface area (Å²) in [6.07, 6.45) is 3.04. The first-order valence-corrected chi connectivity index (χ1v) is 5.95. The number of hydrogen-bond acceptors (Lipinski definition) is 3. The van der Waals surface area contributed by atoms with Gasteiger partial charge in [-0.25, -0.2) is 0 Å². The van der Waals surface area contributed by atoms with Crippen LogP contribution in [0.2, 0.25) is 0 Å². The summed E-state index contributed by atoms with van der Waals surface area (Å²) in [7, 11) is 0. The van der Waals surface area contributed by atoms with Crippen LogP contribution in [0.15, 0.2) is 54.6 Å². The van der Waals surface area contributed by atoms with E-state index in [-0.39, 0.29) is 11.7 Å². The minimum Gasteiger partial charge on any atom is -0.508 e. The molecule has 4 heteroatoms. The van der Waals surface area contributed by atoms with Crippen molar-refractivity contribution >= 4 is 17.7 Å². The van der Waals surface area contributed by atoms with Gasteiger partial charge < -0.3 is 10.4 Å². The second-order valence-electron chi connectivity index (χ2n) is 4.11. The summed E-state index contributed by atoms with van der Waals surface area (Å²) in [6.45, 7) is 0. The summed E-state index contributed by atoms with van der Waals surface area (Å²) in [4.78, 5) is 11.7. The number of rotatable bonds is 3. The molecule has 0 radical (unpaired) electrons. The first-order chi connectivity index (χ1) is 9.67. The van der Waals surface area contributed by atoms with Crippen molar-refractivity contribution in [2.24, 2.45) is 0 Å². The zero-order valence-corrected chi connectivity index (χ0v) is 10.6. The predicted molar refractivity (Wildman–Crippen MR) is 76.9 cm³/mol. The molecule has 0 aliphatic heterocycles. The van der Waals surface area contributed by atoms with E-state index in [1.807, 2.05) is 6.07 Å². The van der Waals surface area contributed by atoms with Crippen LogP contribution in [0, 0.1) is 11.3 Å². The summed E-state index contributed by atoms with van der Waals surface area (Å²) in [5, 5.41) is 20.6. The van der Waals surface area contributed by atoms with Crippen LogP contribution in [0.4, 0.5) is 5.69 Å². The Balaban J connectivity index is 2.02. The van der Waals surface area contributed by atoms with Crippen molar-refractivity contribution in [3.05, 3.63) is 65.7 Å². The van der Waals surface area contributed by atoms with E-state index in [0.717, 1.165) is 5.56 Å². The standard InChI is InChI=1S/C16H12N2O2/c17-11-13-2-1-3-14(10-13)18-16(20)9-6-12-4-7-15(19)8-5-12/h1-10,19H,(H,18,20)/b9-6+. The van der Waals surface area contributed by atoms with E-state index < -0.39 is 0 Å². The predicted octanol–water partition coefficient (Wildman–Crippen LogP) is 2.92. The van der Waals surface area contributed by atoms with Crippen LogP contribution < -0.4 is 5.32 Å². The van der Waals surface area contributed by atoms with Crippen LogP contribution in [0.25, 0.3) is 6.08 Å². The van der Waals surface area contributed by atoms with Crippen LogP contribution in [-0.2, 0) is 4.79 Å². The Morgan fingerprint density at radius 3 is 2.65 bits per heavy atom. The van der Waals surface area contributed by atoms with E-state index in [2.05, 4.69) is 5.32 Å². The first kappa shape index (κ1) is 13.4. The van der Waals surface area contributed by atoms with Gasteiger partial charge in [-0.15, -0.1) is 0 Å². The highest BCUT2D eigenvalue weighted by Crippen LogP contribution is 2.12. The molecule has 2 aromatic carbocycles. The second-order valence-corrected chi connectivity index (χ2v) is 4.11. The van der Waals surface area contributed by atoms with E-state index in [0.29, 0.717) is 11.3 Å². The van der Waals surface area contributed by atoms with Gasteiger partial charge in [-0.2, -0.15) is 5.26 Å². The number of nitrogens with one attached hydrogen (secondary N) is 1. The Labute approximate surface area is 116 Å². The molecule has 0 spiro atoms. The van der Waals surface area contributed by atoms with Gasteiger partial charge in [0.15, 0.2) is 0 Å². The number of phenolic OH excluding ortho intramolecular Hbond substituents is 1. The Morgan fingerprint density at radius 2 is 1.95 bits per heavy atom. The molecule has 0 saturated carbocycles. The minimum absolute atomic E-state index is 0.180. The summed E-state index contributed by atoms with van der Waals surface area (Å²) in [5.41, 5.74) is 1.87. The number of benzene rings is 2. The van der Waals surface area contributed by atoms with E-state index in [4.69, 9.17) is 10.4 Å². The van der Waals surface area contributed by atoms with Gasteiger partial charge >= 0.3 is 0 Å². The topological polar surface area (TPSA) is 73.1 Å². The molecular formula is C16H12N2O2. The normalized spacial score (nSPS) is 10.2. The monoisotopic (exact) mass is 264 g/mol. The maximum Gasteiger partial charge on any atom is 0.248 e. The SMILES string of the molecule is N#Cc1cccc(NC(=O)/C=C/c2ccc(O)cc2)c1. The van der Waals surface area contributed by atoms with Gasteiger partial charge in [0, 0.05) is 11.8 Å². The smallest absolute Gasteiger partial charge is 0.248 e. The average molecular weight is 264 g/mol. The maximum atomic E-state index is 11.7. The fourth-order valence-electron chi connectivity index (χ4n) is 1.61. The minimum atomic E-state index is -0.284. The van der Waals surface area contributed by atoms with Crippen LogP contribution in [0.1, 0.15) is 11.1 Å². The van der Waals surface area contributed by atoms with Crippen molar-refractivity contribution < 1.29 is 9.90 Å². The zero-order valence-electron chi connectivity index (χ0n) is 10.6. The van der Waals surface area contributed by atoms with Crippen LogP contribution >= 0.6 is 0 Å². The molecule has 20 heavy (non-hydrogen) atoms. The van der Waals surface area contributed by atoms with Crippen molar-refractivity contribution in [3.63, 3.8) is 0 Å². The summed E-state index contributed by atoms with van der Waals surface area (Å²) < 4.78 is 0. The van der Waals surface area contributed by atoms with Gasteiger partial charge in [0.25, 0.3) is 0 Å². The van der Waals surface area contributed by atoms with Gasteiger partial charge in [0.2, 0.25) is 5.91 Å². The molecule has 0 aliphatic carbocycles. The summed E-state index contributed by atoms with van der Waals surface area (Å²) >= 11 is 0. The molecule has 2 aromatic rings. The number of amides is 1. The Bertz CT molecular complexity index is 682. The molecule has 4 nitrogen and oxygen atoms in total. The van der Waals surface area contributed by atoms with Gasteiger partial charge in [0.05, 0.1) is 11.6 Å². The molecular weight excluding hydrogens is 252 g/mol. The molecule has 0 bridgehead atoms.